The van der Waals surface area contributed by atoms with Crippen LogP contribution in [0.25, 0.3) is 0 Å². The lowest BCUT2D eigenvalue weighted by Crippen LogP contribution is -2.48. The molecule has 0 aliphatic heterocycles. The lowest BCUT2D eigenvalue weighted by molar-refractivity contribution is 0.277. The molecular formula is C19H19BCl2N2O2. The second kappa shape index (κ2) is 7.74. The first kappa shape index (κ1) is 18.8. The minimum atomic E-state index is -0.432. The van der Waals surface area contributed by atoms with E-state index in [0.29, 0.717) is 21.7 Å². The number of aliphatic hydroxyl groups is 1. The Morgan fingerprint density at radius 2 is 1.58 bits per heavy atom. The van der Waals surface area contributed by atoms with Crippen molar-refractivity contribution in [2.75, 3.05) is 0 Å². The molecule has 0 saturated carbocycles. The van der Waals surface area contributed by atoms with Crippen molar-refractivity contribution in [1.29, 1.82) is 0 Å². The Labute approximate surface area is 163 Å². The number of imidazole rings is 1. The zero-order valence-electron chi connectivity index (χ0n) is 14.8. The number of hydrogen-bond donors (Lipinski definition) is 1. The molecule has 0 bridgehead atoms. The highest BCUT2D eigenvalue weighted by Crippen LogP contribution is 2.17. The molecule has 0 aliphatic carbocycles. The Bertz CT molecular complexity index is 892. The molecule has 1 heterocycles. The van der Waals surface area contributed by atoms with E-state index < -0.39 is 6.92 Å². The molecule has 0 saturated heterocycles. The van der Waals surface area contributed by atoms with Crippen LogP contribution < -0.4 is 15.6 Å². The van der Waals surface area contributed by atoms with Crippen molar-refractivity contribution in [2.45, 2.75) is 20.5 Å². The molecule has 7 heteroatoms. The maximum atomic E-state index is 9.31. The monoisotopic (exact) mass is 388 g/mol. The van der Waals surface area contributed by atoms with E-state index >= 15 is 0 Å². The standard InChI is InChI=1S/C19H19BCl2N2O2/c1-12-4-6-14(8-17(12)21)20(15-7-5-13(2)18(22)9-15)26-19-23-16(11-25)10-24(19)3/h4-10,25H,11H2,1-3H3. The Hall–Kier alpha value is -1.95. The Morgan fingerprint density at radius 1 is 1.04 bits per heavy atom. The van der Waals surface area contributed by atoms with Gasteiger partial charge in [0.25, 0.3) is 6.01 Å². The van der Waals surface area contributed by atoms with Crippen LogP contribution in [0.2, 0.25) is 10.0 Å². The number of aryl methyl sites for hydroxylation is 3. The molecule has 134 valence electrons. The summed E-state index contributed by atoms with van der Waals surface area (Å²) >= 11 is 12.7. The molecule has 3 aromatic rings. The summed E-state index contributed by atoms with van der Waals surface area (Å²) in [7, 11) is 1.82. The van der Waals surface area contributed by atoms with E-state index in [9.17, 15) is 5.11 Å². The highest BCUT2D eigenvalue weighted by atomic mass is 35.5. The van der Waals surface area contributed by atoms with Crippen LogP contribution in [0.5, 0.6) is 6.01 Å². The van der Waals surface area contributed by atoms with E-state index in [1.165, 1.54) is 0 Å². The Kier molecular flexibility index (Phi) is 5.61. The zero-order valence-corrected chi connectivity index (χ0v) is 16.3. The number of benzene rings is 2. The maximum absolute atomic E-state index is 9.31. The molecule has 0 atom stereocenters. The quantitative estimate of drug-likeness (QED) is 0.683. The first-order valence-corrected chi connectivity index (χ1v) is 8.96. The van der Waals surface area contributed by atoms with Gasteiger partial charge in [-0.25, -0.2) is 0 Å². The van der Waals surface area contributed by atoms with Gasteiger partial charge in [0.2, 0.25) is 0 Å². The molecule has 1 aromatic heterocycles. The van der Waals surface area contributed by atoms with Crippen molar-refractivity contribution in [3.63, 3.8) is 0 Å². The fraction of sp³-hybridized carbons (Fsp3) is 0.211. The van der Waals surface area contributed by atoms with Crippen LogP contribution in [0.3, 0.4) is 0 Å². The summed E-state index contributed by atoms with van der Waals surface area (Å²) in [5, 5.41) is 10.7. The average molecular weight is 389 g/mol. The second-order valence-corrected chi connectivity index (χ2v) is 7.11. The van der Waals surface area contributed by atoms with Gasteiger partial charge < -0.3 is 14.3 Å². The number of rotatable bonds is 5. The third kappa shape index (κ3) is 3.90. The van der Waals surface area contributed by atoms with Gasteiger partial charge in [0.1, 0.15) is 0 Å². The molecule has 0 spiro atoms. The predicted molar refractivity (Wildman–Crippen MR) is 107 cm³/mol. The highest BCUT2D eigenvalue weighted by molar-refractivity contribution is 6.80. The summed E-state index contributed by atoms with van der Waals surface area (Å²) in [5.41, 5.74) is 4.33. The van der Waals surface area contributed by atoms with Crippen LogP contribution in [0.15, 0.2) is 42.6 Å². The first-order valence-electron chi connectivity index (χ1n) is 8.21. The van der Waals surface area contributed by atoms with Crippen molar-refractivity contribution < 1.29 is 9.76 Å². The molecular weight excluding hydrogens is 370 g/mol. The second-order valence-electron chi connectivity index (χ2n) is 6.30. The number of aromatic nitrogens is 2. The Morgan fingerprint density at radius 3 is 2.00 bits per heavy atom. The van der Waals surface area contributed by atoms with Crippen molar-refractivity contribution in [3.05, 3.63) is 69.5 Å². The molecule has 0 unspecified atom stereocenters. The fourth-order valence-corrected chi connectivity index (χ4v) is 3.05. The summed E-state index contributed by atoms with van der Waals surface area (Å²) in [6.45, 7) is 3.33. The van der Waals surface area contributed by atoms with Crippen LogP contribution in [0.4, 0.5) is 0 Å². The summed E-state index contributed by atoms with van der Waals surface area (Å²) in [5.74, 6) is 0. The van der Waals surface area contributed by atoms with Gasteiger partial charge >= 0.3 is 6.92 Å². The molecule has 3 rings (SSSR count). The molecule has 2 aromatic carbocycles. The summed E-state index contributed by atoms with van der Waals surface area (Å²) in [6.07, 6.45) is 1.73. The molecule has 0 fully saturated rings. The minimum Gasteiger partial charge on any atom is -0.525 e. The first-order chi connectivity index (χ1) is 12.4. The molecule has 1 N–H and O–H groups in total. The van der Waals surface area contributed by atoms with Crippen LogP contribution in [-0.2, 0) is 13.7 Å². The fourth-order valence-electron chi connectivity index (χ4n) is 2.67. The van der Waals surface area contributed by atoms with Crippen molar-refractivity contribution in [1.82, 2.24) is 9.55 Å². The van der Waals surface area contributed by atoms with Crippen molar-refractivity contribution in [3.8, 4) is 6.01 Å². The lowest BCUT2D eigenvalue weighted by atomic mass is 9.55. The minimum absolute atomic E-state index is 0.144. The van der Waals surface area contributed by atoms with Crippen LogP contribution in [0.1, 0.15) is 16.8 Å². The molecule has 26 heavy (non-hydrogen) atoms. The van der Waals surface area contributed by atoms with E-state index in [1.807, 2.05) is 57.3 Å². The van der Waals surface area contributed by atoms with E-state index in [-0.39, 0.29) is 6.61 Å². The predicted octanol–water partition coefficient (Wildman–Crippen LogP) is 3.02. The van der Waals surface area contributed by atoms with Gasteiger partial charge in [-0.1, -0.05) is 47.5 Å². The number of aliphatic hydroxyl groups excluding tert-OH is 1. The normalized spacial score (nSPS) is 10.8. The van der Waals surface area contributed by atoms with Gasteiger partial charge in [0, 0.05) is 23.3 Å². The van der Waals surface area contributed by atoms with Gasteiger partial charge in [-0.3, -0.25) is 0 Å². The maximum Gasteiger partial charge on any atom is 0.429 e. The van der Waals surface area contributed by atoms with E-state index in [1.54, 1.807) is 10.8 Å². The van der Waals surface area contributed by atoms with E-state index in [2.05, 4.69) is 4.98 Å². The summed E-state index contributed by atoms with van der Waals surface area (Å²) in [4.78, 5) is 4.32. The van der Waals surface area contributed by atoms with E-state index in [0.717, 1.165) is 22.1 Å². The largest absolute Gasteiger partial charge is 0.525 e. The van der Waals surface area contributed by atoms with Gasteiger partial charge in [-0.05, 0) is 48.0 Å². The smallest absolute Gasteiger partial charge is 0.429 e. The third-order valence-electron chi connectivity index (χ3n) is 4.27. The SMILES string of the molecule is Cc1ccc(B(Oc2nc(CO)cn2C)c2ccc(C)c(Cl)c2)cc1Cl. The highest BCUT2D eigenvalue weighted by Gasteiger charge is 2.27. The van der Waals surface area contributed by atoms with Gasteiger partial charge in [0.05, 0.1) is 12.3 Å². The molecule has 0 aliphatic rings. The number of nitrogens with zero attached hydrogens (tertiary/aromatic N) is 2. The molecule has 4 nitrogen and oxygen atoms in total. The summed E-state index contributed by atoms with van der Waals surface area (Å²) in [6, 6.07) is 12.1. The van der Waals surface area contributed by atoms with Crippen LogP contribution in [-0.4, -0.2) is 21.6 Å². The molecule has 0 radical (unpaired) electrons. The zero-order chi connectivity index (χ0) is 18.8. The van der Waals surface area contributed by atoms with Crippen LogP contribution in [0, 0.1) is 13.8 Å². The topological polar surface area (TPSA) is 47.3 Å². The van der Waals surface area contributed by atoms with Gasteiger partial charge in [0.15, 0.2) is 0 Å². The number of hydrogen-bond acceptors (Lipinski definition) is 3. The van der Waals surface area contributed by atoms with Gasteiger partial charge in [-0.2, -0.15) is 4.98 Å². The summed E-state index contributed by atoms with van der Waals surface area (Å²) < 4.78 is 7.95. The lowest BCUT2D eigenvalue weighted by Gasteiger charge is -2.17. The van der Waals surface area contributed by atoms with Gasteiger partial charge in [-0.15, -0.1) is 0 Å². The number of halogens is 2. The van der Waals surface area contributed by atoms with Crippen molar-refractivity contribution >= 4 is 41.0 Å². The van der Waals surface area contributed by atoms with Crippen LogP contribution >= 0.6 is 23.2 Å². The van der Waals surface area contributed by atoms with Crippen molar-refractivity contribution in [2.24, 2.45) is 7.05 Å². The molecule has 0 amide bonds. The van der Waals surface area contributed by atoms with E-state index in [4.69, 9.17) is 27.9 Å². The Balaban J connectivity index is 2.06. The third-order valence-corrected chi connectivity index (χ3v) is 5.08. The average Bonchev–Trinajstić information content (AvgIpc) is 2.98.